The maximum atomic E-state index is 6.51. The standard InChI is InChI=1S/C17H19BrClN/c1-9-7-10(2)12(4)16(11(9)3)17(20)14-6-5-13(18)8-15(14)19/h5-8,17H,20H2,1-4H3. The van der Waals surface area contributed by atoms with Gasteiger partial charge in [0, 0.05) is 9.50 Å². The molecule has 0 aliphatic carbocycles. The number of nitrogens with two attached hydrogens (primary N) is 1. The van der Waals surface area contributed by atoms with Crippen molar-refractivity contribution in [3.05, 3.63) is 67.1 Å². The van der Waals surface area contributed by atoms with E-state index in [-0.39, 0.29) is 6.04 Å². The Balaban J connectivity index is 2.62. The van der Waals surface area contributed by atoms with Crippen LogP contribution >= 0.6 is 27.5 Å². The maximum Gasteiger partial charge on any atom is 0.0571 e. The Bertz CT molecular complexity index is 638. The molecule has 0 aliphatic rings. The van der Waals surface area contributed by atoms with Gasteiger partial charge in [-0.05, 0) is 73.2 Å². The lowest BCUT2D eigenvalue weighted by molar-refractivity contribution is 0.845. The van der Waals surface area contributed by atoms with E-state index in [0.717, 1.165) is 10.0 Å². The second kappa shape index (κ2) is 5.88. The largest absolute Gasteiger partial charge is 0.320 e. The van der Waals surface area contributed by atoms with Crippen molar-refractivity contribution in [2.45, 2.75) is 33.7 Å². The van der Waals surface area contributed by atoms with Crippen molar-refractivity contribution in [1.82, 2.24) is 0 Å². The molecular formula is C17H19BrClN. The molecule has 20 heavy (non-hydrogen) atoms. The van der Waals surface area contributed by atoms with Crippen molar-refractivity contribution in [1.29, 1.82) is 0 Å². The first-order chi connectivity index (χ1) is 9.32. The van der Waals surface area contributed by atoms with Gasteiger partial charge in [-0.15, -0.1) is 0 Å². The number of halogens is 2. The second-order valence-corrected chi connectivity index (χ2v) is 6.64. The average molecular weight is 353 g/mol. The molecule has 0 bridgehead atoms. The van der Waals surface area contributed by atoms with Gasteiger partial charge in [-0.2, -0.15) is 0 Å². The molecule has 2 aromatic carbocycles. The first kappa shape index (κ1) is 15.6. The first-order valence-corrected chi connectivity index (χ1v) is 7.77. The van der Waals surface area contributed by atoms with Crippen LogP contribution in [-0.4, -0.2) is 0 Å². The van der Waals surface area contributed by atoms with E-state index in [0.29, 0.717) is 5.02 Å². The zero-order chi connectivity index (χ0) is 15.0. The van der Waals surface area contributed by atoms with E-state index in [4.69, 9.17) is 17.3 Å². The number of aryl methyl sites for hydroxylation is 2. The van der Waals surface area contributed by atoms with Crippen molar-refractivity contribution in [2.75, 3.05) is 0 Å². The summed E-state index contributed by atoms with van der Waals surface area (Å²) in [6.45, 7) is 8.51. The highest BCUT2D eigenvalue weighted by molar-refractivity contribution is 9.10. The predicted octanol–water partition coefficient (Wildman–Crippen LogP) is 5.38. The molecule has 0 heterocycles. The Labute approximate surface area is 134 Å². The minimum Gasteiger partial charge on any atom is -0.320 e. The molecule has 0 aliphatic heterocycles. The molecule has 0 radical (unpaired) electrons. The molecule has 3 heteroatoms. The number of benzene rings is 2. The van der Waals surface area contributed by atoms with Gasteiger partial charge in [-0.1, -0.05) is 39.7 Å². The van der Waals surface area contributed by atoms with Crippen LogP contribution in [0.4, 0.5) is 0 Å². The van der Waals surface area contributed by atoms with Crippen molar-refractivity contribution >= 4 is 27.5 Å². The summed E-state index contributed by atoms with van der Waals surface area (Å²) in [7, 11) is 0. The normalized spacial score (nSPS) is 12.6. The molecule has 1 nitrogen and oxygen atoms in total. The zero-order valence-electron chi connectivity index (χ0n) is 12.2. The van der Waals surface area contributed by atoms with E-state index in [1.165, 1.54) is 27.8 Å². The number of hydrogen-bond donors (Lipinski definition) is 1. The van der Waals surface area contributed by atoms with E-state index >= 15 is 0 Å². The quantitative estimate of drug-likeness (QED) is 0.771. The molecule has 0 aromatic heterocycles. The second-order valence-electron chi connectivity index (χ2n) is 5.32. The first-order valence-electron chi connectivity index (χ1n) is 6.60. The van der Waals surface area contributed by atoms with Gasteiger partial charge in [0.2, 0.25) is 0 Å². The summed E-state index contributed by atoms with van der Waals surface area (Å²) in [5, 5.41) is 0.699. The minimum absolute atomic E-state index is 0.200. The van der Waals surface area contributed by atoms with Crippen LogP contribution in [0.5, 0.6) is 0 Å². The molecule has 2 aromatic rings. The fourth-order valence-electron chi connectivity index (χ4n) is 2.62. The third-order valence-electron chi connectivity index (χ3n) is 4.03. The fraction of sp³-hybridized carbons (Fsp3) is 0.294. The molecular weight excluding hydrogens is 334 g/mol. The maximum absolute atomic E-state index is 6.51. The van der Waals surface area contributed by atoms with Crippen molar-refractivity contribution in [3.8, 4) is 0 Å². The van der Waals surface area contributed by atoms with Gasteiger partial charge in [-0.3, -0.25) is 0 Å². The van der Waals surface area contributed by atoms with Gasteiger partial charge < -0.3 is 5.73 Å². The van der Waals surface area contributed by atoms with E-state index < -0.39 is 0 Å². The molecule has 0 saturated heterocycles. The van der Waals surface area contributed by atoms with Gasteiger partial charge in [0.25, 0.3) is 0 Å². The summed E-state index contributed by atoms with van der Waals surface area (Å²) in [5.74, 6) is 0. The zero-order valence-corrected chi connectivity index (χ0v) is 14.6. The van der Waals surface area contributed by atoms with Crippen LogP contribution in [0.15, 0.2) is 28.7 Å². The Hall–Kier alpha value is -0.830. The smallest absolute Gasteiger partial charge is 0.0571 e. The van der Waals surface area contributed by atoms with E-state index in [1.54, 1.807) is 0 Å². The van der Waals surface area contributed by atoms with Gasteiger partial charge in [0.05, 0.1) is 6.04 Å². The number of rotatable bonds is 2. The molecule has 0 saturated carbocycles. The molecule has 106 valence electrons. The third kappa shape index (κ3) is 2.78. The van der Waals surface area contributed by atoms with Gasteiger partial charge in [-0.25, -0.2) is 0 Å². The summed E-state index contributed by atoms with van der Waals surface area (Å²) in [5.41, 5.74) is 13.7. The summed E-state index contributed by atoms with van der Waals surface area (Å²) in [6.07, 6.45) is 0. The Morgan fingerprint density at radius 1 is 1.00 bits per heavy atom. The molecule has 0 fully saturated rings. The summed E-state index contributed by atoms with van der Waals surface area (Å²) in [4.78, 5) is 0. The molecule has 1 unspecified atom stereocenters. The summed E-state index contributed by atoms with van der Waals surface area (Å²) >= 11 is 9.78. The fourth-order valence-corrected chi connectivity index (χ4v) is 3.41. The van der Waals surface area contributed by atoms with Crippen LogP contribution in [-0.2, 0) is 0 Å². The molecule has 2 rings (SSSR count). The van der Waals surface area contributed by atoms with Crippen LogP contribution in [0.1, 0.15) is 39.4 Å². The highest BCUT2D eigenvalue weighted by Gasteiger charge is 2.19. The Kier molecular flexibility index (Phi) is 4.58. The van der Waals surface area contributed by atoms with Crippen LogP contribution in [0, 0.1) is 27.7 Å². The molecule has 0 amide bonds. The Morgan fingerprint density at radius 3 is 2.05 bits per heavy atom. The van der Waals surface area contributed by atoms with Crippen molar-refractivity contribution in [2.24, 2.45) is 5.73 Å². The predicted molar refractivity (Wildman–Crippen MR) is 90.6 cm³/mol. The molecule has 2 N–H and O–H groups in total. The average Bonchev–Trinajstić information content (AvgIpc) is 2.36. The topological polar surface area (TPSA) is 26.0 Å². The lowest BCUT2D eigenvalue weighted by Crippen LogP contribution is -2.16. The van der Waals surface area contributed by atoms with Crippen LogP contribution in [0.2, 0.25) is 5.02 Å². The van der Waals surface area contributed by atoms with Crippen molar-refractivity contribution in [3.63, 3.8) is 0 Å². The lowest BCUT2D eigenvalue weighted by atomic mass is 9.87. The monoisotopic (exact) mass is 351 g/mol. The van der Waals surface area contributed by atoms with Crippen LogP contribution in [0.25, 0.3) is 0 Å². The molecule has 0 spiro atoms. The van der Waals surface area contributed by atoms with Crippen molar-refractivity contribution < 1.29 is 0 Å². The highest BCUT2D eigenvalue weighted by Crippen LogP contribution is 2.34. The molecule has 1 atom stereocenters. The van der Waals surface area contributed by atoms with Gasteiger partial charge in [0.15, 0.2) is 0 Å². The number of hydrogen-bond acceptors (Lipinski definition) is 1. The Morgan fingerprint density at radius 2 is 1.55 bits per heavy atom. The van der Waals surface area contributed by atoms with Gasteiger partial charge in [0.1, 0.15) is 0 Å². The summed E-state index contributed by atoms with van der Waals surface area (Å²) < 4.78 is 0.965. The van der Waals surface area contributed by atoms with E-state index in [9.17, 15) is 0 Å². The van der Waals surface area contributed by atoms with Gasteiger partial charge >= 0.3 is 0 Å². The lowest BCUT2D eigenvalue weighted by Gasteiger charge is -2.22. The minimum atomic E-state index is -0.200. The van der Waals surface area contributed by atoms with E-state index in [2.05, 4.69) is 49.7 Å². The summed E-state index contributed by atoms with van der Waals surface area (Å²) in [6, 6.07) is 7.88. The van der Waals surface area contributed by atoms with Crippen LogP contribution < -0.4 is 5.73 Å². The highest BCUT2D eigenvalue weighted by atomic mass is 79.9. The van der Waals surface area contributed by atoms with Crippen LogP contribution in [0.3, 0.4) is 0 Å². The third-order valence-corrected chi connectivity index (χ3v) is 4.85. The van der Waals surface area contributed by atoms with E-state index in [1.807, 2.05) is 18.2 Å². The SMILES string of the molecule is Cc1cc(C)c(C)c(C(N)c2ccc(Br)cc2Cl)c1C.